The summed E-state index contributed by atoms with van der Waals surface area (Å²) in [4.78, 5) is 20.6. The normalized spacial score (nSPS) is 11.6. The predicted octanol–water partition coefficient (Wildman–Crippen LogP) is 4.09. The molecule has 0 bridgehead atoms. The van der Waals surface area contributed by atoms with Crippen LogP contribution in [0.4, 0.5) is 21.6 Å². The molecule has 0 saturated carbocycles. The zero-order chi connectivity index (χ0) is 27.5. The van der Waals surface area contributed by atoms with Crippen LogP contribution in [0.25, 0.3) is 0 Å². The molecule has 0 unspecified atom stereocenters. The average Bonchev–Trinajstić information content (AvgIpc) is 2.85. The molecule has 38 heavy (non-hydrogen) atoms. The number of anilines is 3. The number of hydrogen-bond acceptors (Lipinski definition) is 7. The number of sulfonamides is 2. The van der Waals surface area contributed by atoms with Crippen molar-refractivity contribution in [3.63, 3.8) is 0 Å². The third-order valence-corrected chi connectivity index (χ3v) is 7.89. The van der Waals surface area contributed by atoms with Crippen molar-refractivity contribution < 1.29 is 26.0 Å². The minimum atomic E-state index is -4.17. The van der Waals surface area contributed by atoms with E-state index < -0.39 is 31.8 Å². The number of aromatic nitrogens is 2. The molecule has 3 aromatic carbocycles. The van der Waals surface area contributed by atoms with Gasteiger partial charge in [0.05, 0.1) is 15.5 Å². The van der Waals surface area contributed by atoms with Crippen molar-refractivity contribution in [2.75, 3.05) is 14.8 Å². The molecule has 196 valence electrons. The maximum atomic E-state index is 13.9. The van der Waals surface area contributed by atoms with Crippen LogP contribution in [0.1, 0.15) is 21.9 Å². The summed E-state index contributed by atoms with van der Waals surface area (Å²) in [6.45, 7) is 3.36. The molecule has 0 fully saturated rings. The fourth-order valence-corrected chi connectivity index (χ4v) is 5.54. The van der Waals surface area contributed by atoms with Gasteiger partial charge in [-0.1, -0.05) is 18.2 Å². The number of nitrogens with one attached hydrogen (secondary N) is 3. The first-order valence-electron chi connectivity index (χ1n) is 11.1. The summed E-state index contributed by atoms with van der Waals surface area (Å²) in [5, 5.41) is 2.59. The van der Waals surface area contributed by atoms with Gasteiger partial charge in [-0.15, -0.1) is 0 Å². The van der Waals surface area contributed by atoms with Gasteiger partial charge in [0.15, 0.2) is 0 Å². The second-order valence-electron chi connectivity index (χ2n) is 8.14. The lowest BCUT2D eigenvalue weighted by atomic mass is 10.2. The number of aryl methyl sites for hydroxylation is 2. The second-order valence-corrected chi connectivity index (χ2v) is 11.5. The highest BCUT2D eigenvalue weighted by atomic mass is 32.2. The third kappa shape index (κ3) is 6.30. The Morgan fingerprint density at radius 1 is 0.763 bits per heavy atom. The molecule has 0 radical (unpaired) electrons. The topological polar surface area (TPSA) is 147 Å². The molecule has 1 aromatic heterocycles. The van der Waals surface area contributed by atoms with E-state index in [1.165, 1.54) is 66.7 Å². The van der Waals surface area contributed by atoms with E-state index in [-0.39, 0.29) is 32.5 Å². The molecule has 0 aliphatic rings. The van der Waals surface area contributed by atoms with Crippen LogP contribution in [0, 0.1) is 19.7 Å². The Hall–Kier alpha value is -4.36. The SMILES string of the molecule is Cc1cc(NS(=O)(=O)c2ccc(NC(=O)c3cccc(S(=O)(=O)Nc4ccccc4F)c3)cc2)nc(C)n1. The van der Waals surface area contributed by atoms with E-state index in [1.807, 2.05) is 0 Å². The molecule has 13 heteroatoms. The fourth-order valence-electron chi connectivity index (χ4n) is 3.44. The van der Waals surface area contributed by atoms with Crippen molar-refractivity contribution in [1.29, 1.82) is 0 Å². The highest BCUT2D eigenvalue weighted by Crippen LogP contribution is 2.21. The standard InChI is InChI=1S/C25H22FN5O5S2/c1-16-14-24(28-17(2)27-16)31-37(33,34)20-12-10-19(11-13-20)29-25(32)18-6-5-7-21(15-18)38(35,36)30-23-9-4-3-8-22(23)26/h3-15,30H,1-2H3,(H,29,32)(H,27,28,31). The third-order valence-electron chi connectivity index (χ3n) is 5.15. The smallest absolute Gasteiger partial charge is 0.263 e. The van der Waals surface area contributed by atoms with Crippen LogP contribution in [0.15, 0.2) is 88.7 Å². The van der Waals surface area contributed by atoms with E-state index in [1.54, 1.807) is 13.8 Å². The minimum Gasteiger partial charge on any atom is -0.322 e. The molecule has 4 aromatic rings. The number of nitrogens with zero attached hydrogens (tertiary/aromatic N) is 2. The van der Waals surface area contributed by atoms with Gasteiger partial charge in [-0.25, -0.2) is 31.2 Å². The number of halogens is 1. The Morgan fingerprint density at radius 2 is 1.45 bits per heavy atom. The summed E-state index contributed by atoms with van der Waals surface area (Å²) in [6.07, 6.45) is 0. The number of carbonyl (C=O) groups excluding carboxylic acids is 1. The molecule has 0 aliphatic heterocycles. The Labute approximate surface area is 219 Å². The van der Waals surface area contributed by atoms with Crippen molar-refractivity contribution in [3.8, 4) is 0 Å². The van der Waals surface area contributed by atoms with Crippen LogP contribution < -0.4 is 14.8 Å². The molecule has 4 rings (SSSR count). The largest absolute Gasteiger partial charge is 0.322 e. The maximum absolute atomic E-state index is 13.9. The van der Waals surface area contributed by atoms with Crippen LogP contribution >= 0.6 is 0 Å². The van der Waals surface area contributed by atoms with Crippen LogP contribution in [-0.2, 0) is 20.0 Å². The van der Waals surface area contributed by atoms with Crippen LogP contribution in [0.5, 0.6) is 0 Å². The van der Waals surface area contributed by atoms with Crippen LogP contribution in [-0.4, -0.2) is 32.7 Å². The Kier molecular flexibility index (Phi) is 7.41. The average molecular weight is 556 g/mol. The predicted molar refractivity (Wildman–Crippen MR) is 140 cm³/mol. The number of hydrogen-bond donors (Lipinski definition) is 3. The van der Waals surface area contributed by atoms with Crippen molar-refractivity contribution in [2.45, 2.75) is 23.6 Å². The van der Waals surface area contributed by atoms with E-state index in [2.05, 4.69) is 24.7 Å². The van der Waals surface area contributed by atoms with Crippen molar-refractivity contribution in [3.05, 3.63) is 102 Å². The summed E-state index contributed by atoms with van der Waals surface area (Å²) in [7, 11) is -8.12. The monoisotopic (exact) mass is 555 g/mol. The molecule has 1 amide bonds. The van der Waals surface area contributed by atoms with Crippen LogP contribution in [0.2, 0.25) is 0 Å². The molecule has 0 atom stereocenters. The summed E-state index contributed by atoms with van der Waals surface area (Å²) in [6, 6.07) is 17.4. The van der Waals surface area contributed by atoms with Crippen molar-refractivity contribution in [1.82, 2.24) is 9.97 Å². The Bertz CT molecular complexity index is 1710. The van der Waals surface area contributed by atoms with E-state index in [4.69, 9.17) is 0 Å². The zero-order valence-corrected chi connectivity index (χ0v) is 21.8. The molecule has 3 N–H and O–H groups in total. The highest BCUT2D eigenvalue weighted by molar-refractivity contribution is 7.93. The van der Waals surface area contributed by atoms with Gasteiger partial charge in [-0.2, -0.15) is 0 Å². The van der Waals surface area contributed by atoms with Gasteiger partial charge < -0.3 is 5.32 Å². The first-order valence-corrected chi connectivity index (χ1v) is 14.0. The molecule has 0 spiro atoms. The number of amides is 1. The molecular formula is C25H22FN5O5S2. The summed E-state index contributed by atoms with van der Waals surface area (Å²) in [5.74, 6) is -0.825. The Morgan fingerprint density at radius 3 is 2.13 bits per heavy atom. The molecule has 0 aliphatic carbocycles. The van der Waals surface area contributed by atoms with Gasteiger partial charge >= 0.3 is 0 Å². The van der Waals surface area contributed by atoms with Gasteiger partial charge in [0.2, 0.25) is 0 Å². The quantitative estimate of drug-likeness (QED) is 0.297. The molecule has 10 nitrogen and oxygen atoms in total. The second kappa shape index (κ2) is 10.6. The fraction of sp³-hybridized carbons (Fsp3) is 0.0800. The first-order chi connectivity index (χ1) is 17.9. The van der Waals surface area contributed by atoms with E-state index in [0.717, 1.165) is 12.1 Å². The number of para-hydroxylation sites is 1. The maximum Gasteiger partial charge on any atom is 0.263 e. The summed E-state index contributed by atoms with van der Waals surface area (Å²) in [5.41, 5.74) is 0.680. The molecule has 1 heterocycles. The van der Waals surface area contributed by atoms with E-state index >= 15 is 0 Å². The molecular weight excluding hydrogens is 533 g/mol. The Balaban J connectivity index is 1.47. The number of rotatable bonds is 8. The van der Waals surface area contributed by atoms with Crippen molar-refractivity contribution in [2.24, 2.45) is 0 Å². The van der Waals surface area contributed by atoms with Gasteiger partial charge in [-0.3, -0.25) is 14.2 Å². The summed E-state index contributed by atoms with van der Waals surface area (Å²) < 4.78 is 69.3. The van der Waals surface area contributed by atoms with E-state index in [0.29, 0.717) is 11.5 Å². The zero-order valence-electron chi connectivity index (χ0n) is 20.1. The summed E-state index contributed by atoms with van der Waals surface area (Å²) >= 11 is 0. The van der Waals surface area contributed by atoms with Gasteiger partial charge in [-0.05, 0) is 68.4 Å². The van der Waals surface area contributed by atoms with E-state index in [9.17, 15) is 26.0 Å². The van der Waals surface area contributed by atoms with Gasteiger partial charge in [0.1, 0.15) is 17.5 Å². The lowest BCUT2D eigenvalue weighted by Crippen LogP contribution is -2.17. The number of benzene rings is 3. The first kappa shape index (κ1) is 26.7. The molecule has 0 saturated heterocycles. The lowest BCUT2D eigenvalue weighted by Gasteiger charge is -2.11. The van der Waals surface area contributed by atoms with Crippen molar-refractivity contribution >= 4 is 43.1 Å². The van der Waals surface area contributed by atoms with Gasteiger partial charge in [0.25, 0.3) is 26.0 Å². The van der Waals surface area contributed by atoms with Crippen LogP contribution in [0.3, 0.4) is 0 Å². The minimum absolute atomic E-state index is 0.0225. The number of carbonyl (C=O) groups is 1. The van der Waals surface area contributed by atoms with Gasteiger partial charge in [0, 0.05) is 23.0 Å². The highest BCUT2D eigenvalue weighted by Gasteiger charge is 2.19. The lowest BCUT2D eigenvalue weighted by molar-refractivity contribution is 0.102.